The first-order valence-corrected chi connectivity index (χ1v) is 11.1. The van der Waals surface area contributed by atoms with E-state index in [-0.39, 0.29) is 6.03 Å². The lowest BCUT2D eigenvalue weighted by Gasteiger charge is -2.35. The molecule has 0 aliphatic carbocycles. The number of hydrogen-bond acceptors (Lipinski definition) is 4. The molecule has 168 valence electrons. The third-order valence-corrected chi connectivity index (χ3v) is 6.17. The van der Waals surface area contributed by atoms with Crippen LogP contribution in [0.1, 0.15) is 54.9 Å². The third kappa shape index (κ3) is 5.68. The van der Waals surface area contributed by atoms with Crippen molar-refractivity contribution in [1.82, 2.24) is 10.2 Å². The van der Waals surface area contributed by atoms with Crippen LogP contribution in [0.3, 0.4) is 0 Å². The van der Waals surface area contributed by atoms with Gasteiger partial charge in [0.1, 0.15) is 0 Å². The summed E-state index contributed by atoms with van der Waals surface area (Å²) in [6.45, 7) is 12.3. The molecule has 0 aromatic heterocycles. The van der Waals surface area contributed by atoms with Crippen LogP contribution in [0.4, 0.5) is 10.5 Å². The molecule has 0 atom stereocenters. The summed E-state index contributed by atoms with van der Waals surface area (Å²) < 4.78 is 0. The van der Waals surface area contributed by atoms with Crippen molar-refractivity contribution in [2.45, 2.75) is 45.1 Å². The van der Waals surface area contributed by atoms with Crippen LogP contribution in [0.15, 0.2) is 49.0 Å². The monoisotopic (exact) mass is 431 g/mol. The van der Waals surface area contributed by atoms with E-state index in [4.69, 9.17) is 11.0 Å². The lowest BCUT2D eigenvalue weighted by molar-refractivity contribution is 0.242. The maximum Gasteiger partial charge on any atom is 0.319 e. The summed E-state index contributed by atoms with van der Waals surface area (Å²) in [6.07, 6.45) is 2.08. The van der Waals surface area contributed by atoms with Crippen molar-refractivity contribution in [3.8, 4) is 6.07 Å². The number of urea groups is 1. The summed E-state index contributed by atoms with van der Waals surface area (Å²) in [5.41, 5.74) is 11.0. The number of aryl methyl sites for hydroxylation is 1. The van der Waals surface area contributed by atoms with Gasteiger partial charge in [0.2, 0.25) is 0 Å². The summed E-state index contributed by atoms with van der Waals surface area (Å²) in [5, 5.41) is 14.8. The lowest BCUT2D eigenvalue weighted by Crippen LogP contribution is -2.50. The molecule has 0 bridgehead atoms. The Bertz CT molecular complexity index is 1010. The number of rotatable bonds is 6. The molecule has 1 fully saturated rings. The minimum atomic E-state index is -0.474. The van der Waals surface area contributed by atoms with E-state index in [9.17, 15) is 4.79 Å². The summed E-state index contributed by atoms with van der Waals surface area (Å²) >= 11 is 0. The number of carbonyl (C=O) groups is 1. The zero-order chi connectivity index (χ0) is 23.3. The Labute approximate surface area is 191 Å². The SMILES string of the molecule is C=C(c1ccc(C)c(NC(=O)NC(C)(C)CN)c1)N1CCC(c2ccc(C#N)cc2)CC1. The fourth-order valence-corrected chi connectivity index (χ4v) is 3.94. The van der Waals surface area contributed by atoms with Crippen molar-refractivity contribution in [2.75, 3.05) is 25.0 Å². The van der Waals surface area contributed by atoms with Crippen LogP contribution in [0.2, 0.25) is 0 Å². The molecule has 32 heavy (non-hydrogen) atoms. The highest BCUT2D eigenvalue weighted by molar-refractivity contribution is 5.91. The molecule has 0 radical (unpaired) electrons. The Hall–Kier alpha value is -3.30. The molecule has 0 saturated carbocycles. The number of nitrogens with zero attached hydrogens (tertiary/aromatic N) is 2. The van der Waals surface area contributed by atoms with Crippen LogP contribution in [0.25, 0.3) is 5.70 Å². The van der Waals surface area contributed by atoms with Gasteiger partial charge in [0.15, 0.2) is 0 Å². The van der Waals surface area contributed by atoms with Crippen LogP contribution in [0.5, 0.6) is 0 Å². The number of benzene rings is 2. The second-order valence-electron chi connectivity index (χ2n) is 9.14. The minimum absolute atomic E-state index is 0.269. The molecular formula is C26H33N5O. The molecule has 0 spiro atoms. The highest BCUT2D eigenvalue weighted by Crippen LogP contribution is 2.32. The number of anilines is 1. The van der Waals surface area contributed by atoms with E-state index in [1.165, 1.54) is 5.56 Å². The maximum atomic E-state index is 12.4. The quantitative estimate of drug-likeness (QED) is 0.624. The average molecular weight is 432 g/mol. The standard InChI is InChI=1S/C26H33N5O/c1-18-5-8-23(15-24(18)29-25(32)30-26(3,4)17-28)19(2)31-13-11-22(12-14-31)21-9-6-20(16-27)7-10-21/h5-10,15,22H,2,11-14,17,28H2,1,3-4H3,(H2,29,30,32). The zero-order valence-corrected chi connectivity index (χ0v) is 19.2. The van der Waals surface area contributed by atoms with Gasteiger partial charge in [-0.05, 0) is 74.4 Å². The van der Waals surface area contributed by atoms with Crippen molar-refractivity contribution in [3.63, 3.8) is 0 Å². The summed E-state index contributed by atoms with van der Waals surface area (Å²) in [6, 6.07) is 15.9. The average Bonchev–Trinajstić information content (AvgIpc) is 2.80. The van der Waals surface area contributed by atoms with Gasteiger partial charge in [-0.3, -0.25) is 0 Å². The fraction of sp³-hybridized carbons (Fsp3) is 0.385. The van der Waals surface area contributed by atoms with Gasteiger partial charge >= 0.3 is 6.03 Å². The van der Waals surface area contributed by atoms with Crippen LogP contribution >= 0.6 is 0 Å². The molecule has 2 aromatic rings. The van der Waals surface area contributed by atoms with E-state index in [1.54, 1.807) is 0 Å². The Morgan fingerprint density at radius 3 is 2.47 bits per heavy atom. The highest BCUT2D eigenvalue weighted by atomic mass is 16.2. The van der Waals surface area contributed by atoms with E-state index >= 15 is 0 Å². The fourth-order valence-electron chi connectivity index (χ4n) is 3.94. The van der Waals surface area contributed by atoms with Gasteiger partial charge in [0.25, 0.3) is 0 Å². The third-order valence-electron chi connectivity index (χ3n) is 6.17. The van der Waals surface area contributed by atoms with Crippen molar-refractivity contribution < 1.29 is 4.79 Å². The maximum absolute atomic E-state index is 12.4. The topological polar surface area (TPSA) is 94.2 Å². The first-order valence-electron chi connectivity index (χ1n) is 11.1. The molecule has 1 saturated heterocycles. The van der Waals surface area contributed by atoms with E-state index < -0.39 is 5.54 Å². The van der Waals surface area contributed by atoms with Crippen molar-refractivity contribution >= 4 is 17.4 Å². The molecule has 6 heteroatoms. The van der Waals surface area contributed by atoms with Crippen LogP contribution in [-0.2, 0) is 0 Å². The molecule has 3 rings (SSSR count). The second kappa shape index (κ2) is 9.88. The summed E-state index contributed by atoms with van der Waals surface area (Å²) in [5.74, 6) is 0.497. The Morgan fingerprint density at radius 2 is 1.88 bits per heavy atom. The van der Waals surface area contributed by atoms with E-state index in [2.05, 4.69) is 46.4 Å². The van der Waals surface area contributed by atoms with E-state index in [0.717, 1.165) is 48.4 Å². The molecule has 1 heterocycles. The number of carbonyl (C=O) groups excluding carboxylic acids is 1. The second-order valence-corrected chi connectivity index (χ2v) is 9.14. The number of piperidine rings is 1. The first kappa shape index (κ1) is 23.4. The molecule has 1 aliphatic heterocycles. The van der Waals surface area contributed by atoms with Gasteiger partial charge in [-0.25, -0.2) is 4.79 Å². The van der Waals surface area contributed by atoms with E-state index in [1.807, 2.05) is 45.0 Å². The van der Waals surface area contributed by atoms with Gasteiger partial charge in [-0.1, -0.05) is 30.8 Å². The molecule has 6 nitrogen and oxygen atoms in total. The summed E-state index contributed by atoms with van der Waals surface area (Å²) in [7, 11) is 0. The van der Waals surface area contributed by atoms with Crippen molar-refractivity contribution in [3.05, 3.63) is 71.3 Å². The number of hydrogen-bond donors (Lipinski definition) is 3. The largest absolute Gasteiger partial charge is 0.371 e. The predicted molar refractivity (Wildman–Crippen MR) is 130 cm³/mol. The van der Waals surface area contributed by atoms with E-state index in [0.29, 0.717) is 18.0 Å². The van der Waals surface area contributed by atoms with Gasteiger partial charge in [0.05, 0.1) is 11.6 Å². The molecule has 4 N–H and O–H groups in total. The summed E-state index contributed by atoms with van der Waals surface area (Å²) in [4.78, 5) is 14.7. The Kier molecular flexibility index (Phi) is 7.22. The van der Waals surface area contributed by atoms with Crippen molar-refractivity contribution in [1.29, 1.82) is 5.26 Å². The van der Waals surface area contributed by atoms with Crippen LogP contribution in [0, 0.1) is 18.3 Å². The van der Waals surface area contributed by atoms with Crippen molar-refractivity contribution in [2.24, 2.45) is 5.73 Å². The highest BCUT2D eigenvalue weighted by Gasteiger charge is 2.23. The normalized spacial score (nSPS) is 14.5. The smallest absolute Gasteiger partial charge is 0.319 e. The number of amides is 2. The van der Waals surface area contributed by atoms with Gasteiger partial charge in [-0.2, -0.15) is 5.26 Å². The minimum Gasteiger partial charge on any atom is -0.371 e. The Morgan fingerprint density at radius 1 is 1.22 bits per heavy atom. The predicted octanol–water partition coefficient (Wildman–Crippen LogP) is 4.58. The zero-order valence-electron chi connectivity index (χ0n) is 19.2. The number of likely N-dealkylation sites (tertiary alicyclic amines) is 1. The molecule has 2 aromatic carbocycles. The van der Waals surface area contributed by atoms with Gasteiger partial charge < -0.3 is 21.3 Å². The first-order chi connectivity index (χ1) is 15.2. The lowest BCUT2D eigenvalue weighted by atomic mass is 9.88. The number of nitrogens with two attached hydrogens (primary N) is 1. The molecule has 2 amide bonds. The number of nitriles is 1. The molecule has 0 unspecified atom stereocenters. The van der Waals surface area contributed by atoms with Gasteiger partial charge in [-0.15, -0.1) is 0 Å². The Balaban J connectivity index is 1.63. The van der Waals surface area contributed by atoms with Gasteiger partial charge in [0, 0.05) is 36.6 Å². The molecule has 1 aliphatic rings. The van der Waals surface area contributed by atoms with Crippen LogP contribution < -0.4 is 16.4 Å². The molecular weight excluding hydrogens is 398 g/mol. The van der Waals surface area contributed by atoms with Crippen LogP contribution in [-0.4, -0.2) is 36.1 Å². The number of nitrogens with one attached hydrogen (secondary N) is 2.